The minimum absolute atomic E-state index is 0.130. The highest BCUT2D eigenvalue weighted by Gasteiger charge is 2.21. The van der Waals surface area contributed by atoms with Crippen molar-refractivity contribution in [1.29, 1.82) is 5.26 Å². The zero-order chi connectivity index (χ0) is 25.4. The molecule has 180 valence electrons. The van der Waals surface area contributed by atoms with Gasteiger partial charge in [0.05, 0.1) is 37.1 Å². The highest BCUT2D eigenvalue weighted by Crippen LogP contribution is 2.39. The van der Waals surface area contributed by atoms with E-state index in [4.69, 9.17) is 14.7 Å². The molecule has 0 heterocycles. The van der Waals surface area contributed by atoms with Crippen LogP contribution in [-0.2, 0) is 6.42 Å². The monoisotopic (exact) mass is 494 g/mol. The molecule has 0 atom stereocenters. The first kappa shape index (κ1) is 25.4. The van der Waals surface area contributed by atoms with Gasteiger partial charge in [0.25, 0.3) is 5.91 Å². The quantitative estimate of drug-likeness (QED) is 0.398. The number of anilines is 2. The number of rotatable bonds is 8. The van der Waals surface area contributed by atoms with E-state index in [1.807, 2.05) is 12.1 Å². The molecular formula is C25H23FN4O4S. The summed E-state index contributed by atoms with van der Waals surface area (Å²) in [7, 11) is 2.79. The van der Waals surface area contributed by atoms with E-state index in [2.05, 4.69) is 29.5 Å². The standard InChI is InChI=1S/C25H23FN4O4S/c1-33-22-14-21(30(35)25(32)28-12-11-16-7-9-17(15-27)10-8-16)23(34-2)13-20(22)29-24(31)18-5-3-4-6-19(18)26/h3-10,13-14,35H,11-12H2,1-2H3,(H,28,32)(H,29,31). The van der Waals surface area contributed by atoms with Crippen molar-refractivity contribution in [3.8, 4) is 17.6 Å². The van der Waals surface area contributed by atoms with E-state index in [9.17, 15) is 14.0 Å². The van der Waals surface area contributed by atoms with Gasteiger partial charge in [-0.1, -0.05) is 37.1 Å². The Morgan fingerprint density at radius 1 is 1.06 bits per heavy atom. The number of carbonyl (C=O) groups is 2. The molecule has 0 bridgehead atoms. The van der Waals surface area contributed by atoms with Gasteiger partial charge in [0.15, 0.2) is 0 Å². The second kappa shape index (κ2) is 11.8. The highest BCUT2D eigenvalue weighted by atomic mass is 32.1. The molecule has 0 spiro atoms. The normalized spacial score (nSPS) is 10.1. The molecule has 3 rings (SSSR count). The number of hydrogen-bond donors (Lipinski definition) is 3. The van der Waals surface area contributed by atoms with Gasteiger partial charge in [0.2, 0.25) is 0 Å². The Hall–Kier alpha value is -4.23. The van der Waals surface area contributed by atoms with Crippen molar-refractivity contribution in [1.82, 2.24) is 5.32 Å². The van der Waals surface area contributed by atoms with Crippen LogP contribution in [0.15, 0.2) is 60.7 Å². The number of benzene rings is 3. The third kappa shape index (κ3) is 6.22. The number of hydrogen-bond acceptors (Lipinski definition) is 6. The van der Waals surface area contributed by atoms with Crippen LogP contribution in [0.4, 0.5) is 20.6 Å². The molecule has 0 fully saturated rings. The molecule has 0 unspecified atom stereocenters. The van der Waals surface area contributed by atoms with Gasteiger partial charge in [0, 0.05) is 18.7 Å². The van der Waals surface area contributed by atoms with Crippen molar-refractivity contribution in [3.63, 3.8) is 0 Å². The van der Waals surface area contributed by atoms with Gasteiger partial charge in [-0.3, -0.25) is 4.79 Å². The Balaban J connectivity index is 1.73. The molecule has 0 aromatic heterocycles. The summed E-state index contributed by atoms with van der Waals surface area (Å²) in [4.78, 5) is 25.2. The Morgan fingerprint density at radius 2 is 1.74 bits per heavy atom. The van der Waals surface area contributed by atoms with Crippen LogP contribution in [0.3, 0.4) is 0 Å². The molecule has 0 radical (unpaired) electrons. The summed E-state index contributed by atoms with van der Waals surface area (Å²) >= 11 is 4.30. The molecule has 35 heavy (non-hydrogen) atoms. The van der Waals surface area contributed by atoms with Crippen LogP contribution in [-0.4, -0.2) is 32.7 Å². The van der Waals surface area contributed by atoms with Crippen LogP contribution in [0.1, 0.15) is 21.5 Å². The first-order chi connectivity index (χ1) is 16.9. The molecule has 0 saturated carbocycles. The summed E-state index contributed by atoms with van der Waals surface area (Å²) in [6.07, 6.45) is 0.556. The van der Waals surface area contributed by atoms with E-state index in [-0.39, 0.29) is 28.4 Å². The van der Waals surface area contributed by atoms with Crippen LogP contribution in [0, 0.1) is 17.1 Å². The molecule has 0 aliphatic heterocycles. The maximum atomic E-state index is 14.0. The summed E-state index contributed by atoms with van der Waals surface area (Å²) in [5.41, 5.74) is 1.89. The number of nitriles is 1. The molecule has 8 nitrogen and oxygen atoms in total. The average Bonchev–Trinajstić information content (AvgIpc) is 2.88. The second-order valence-corrected chi connectivity index (χ2v) is 7.66. The van der Waals surface area contributed by atoms with Crippen LogP contribution in [0.2, 0.25) is 0 Å². The van der Waals surface area contributed by atoms with Crippen molar-refractivity contribution in [2.75, 3.05) is 30.4 Å². The van der Waals surface area contributed by atoms with Gasteiger partial charge in [-0.2, -0.15) is 5.26 Å². The Bertz CT molecular complexity index is 1260. The van der Waals surface area contributed by atoms with E-state index in [0.717, 1.165) is 9.87 Å². The lowest BCUT2D eigenvalue weighted by Gasteiger charge is -2.21. The zero-order valence-electron chi connectivity index (χ0n) is 19.0. The first-order valence-electron chi connectivity index (χ1n) is 10.5. The van der Waals surface area contributed by atoms with Gasteiger partial charge >= 0.3 is 6.03 Å². The van der Waals surface area contributed by atoms with Crippen LogP contribution in [0.25, 0.3) is 0 Å². The van der Waals surface area contributed by atoms with Crippen molar-refractivity contribution in [2.24, 2.45) is 0 Å². The number of carbonyl (C=O) groups excluding carboxylic acids is 2. The van der Waals surface area contributed by atoms with Crippen LogP contribution >= 0.6 is 12.8 Å². The van der Waals surface area contributed by atoms with E-state index >= 15 is 0 Å². The number of amides is 3. The lowest BCUT2D eigenvalue weighted by atomic mass is 10.1. The van der Waals surface area contributed by atoms with Crippen molar-refractivity contribution < 1.29 is 23.5 Å². The van der Waals surface area contributed by atoms with E-state index in [0.29, 0.717) is 18.5 Å². The number of nitrogens with one attached hydrogen (secondary N) is 2. The molecule has 3 aromatic rings. The molecule has 10 heteroatoms. The summed E-state index contributed by atoms with van der Waals surface area (Å²) in [6.45, 7) is 0.331. The Kier molecular flexibility index (Phi) is 8.53. The van der Waals surface area contributed by atoms with E-state index in [1.54, 1.807) is 18.2 Å². The Labute approximate surface area is 207 Å². The number of urea groups is 1. The summed E-state index contributed by atoms with van der Waals surface area (Å²) in [6, 6.07) is 17.2. The van der Waals surface area contributed by atoms with Crippen molar-refractivity contribution >= 4 is 36.1 Å². The molecular weight excluding hydrogens is 471 g/mol. The minimum atomic E-state index is -0.667. The van der Waals surface area contributed by atoms with E-state index < -0.39 is 17.8 Å². The van der Waals surface area contributed by atoms with Crippen LogP contribution < -0.4 is 24.4 Å². The average molecular weight is 495 g/mol. The van der Waals surface area contributed by atoms with Gasteiger partial charge in [-0.25, -0.2) is 13.5 Å². The predicted octanol–water partition coefficient (Wildman–Crippen LogP) is 4.57. The van der Waals surface area contributed by atoms with Crippen molar-refractivity contribution in [3.05, 3.63) is 83.2 Å². The maximum Gasteiger partial charge on any atom is 0.332 e. The third-order valence-electron chi connectivity index (χ3n) is 5.06. The summed E-state index contributed by atoms with van der Waals surface area (Å²) in [5, 5.41) is 14.2. The number of halogens is 1. The topological polar surface area (TPSA) is 104 Å². The van der Waals surface area contributed by atoms with Gasteiger partial charge in [-0.05, 0) is 36.2 Å². The largest absolute Gasteiger partial charge is 0.494 e. The first-order valence-corrected chi connectivity index (χ1v) is 10.9. The molecule has 0 saturated heterocycles. The second-order valence-electron chi connectivity index (χ2n) is 7.26. The van der Waals surface area contributed by atoms with Gasteiger partial charge in [0.1, 0.15) is 23.0 Å². The molecule has 3 amide bonds. The number of methoxy groups -OCH3 is 2. The van der Waals surface area contributed by atoms with Gasteiger partial charge in [-0.15, -0.1) is 0 Å². The molecule has 0 aliphatic carbocycles. The zero-order valence-corrected chi connectivity index (χ0v) is 19.9. The number of thiol groups is 1. The fraction of sp³-hybridized carbons (Fsp3) is 0.160. The minimum Gasteiger partial charge on any atom is -0.494 e. The number of ether oxygens (including phenoxy) is 2. The highest BCUT2D eigenvalue weighted by molar-refractivity contribution is 7.82. The fourth-order valence-electron chi connectivity index (χ4n) is 3.22. The van der Waals surface area contributed by atoms with Crippen molar-refractivity contribution in [2.45, 2.75) is 6.42 Å². The Morgan fingerprint density at radius 3 is 2.37 bits per heavy atom. The smallest absolute Gasteiger partial charge is 0.332 e. The number of nitrogens with zero attached hydrogens (tertiary/aromatic N) is 2. The predicted molar refractivity (Wildman–Crippen MR) is 134 cm³/mol. The third-order valence-corrected chi connectivity index (χ3v) is 5.46. The molecule has 3 aromatic carbocycles. The van der Waals surface area contributed by atoms with E-state index in [1.165, 1.54) is 44.6 Å². The van der Waals surface area contributed by atoms with Crippen LogP contribution in [0.5, 0.6) is 11.5 Å². The molecule has 0 aliphatic rings. The SMILES string of the molecule is COc1cc(N(S)C(=O)NCCc2ccc(C#N)cc2)c(OC)cc1NC(=O)c1ccccc1F. The lowest BCUT2D eigenvalue weighted by Crippen LogP contribution is -2.35. The fourth-order valence-corrected chi connectivity index (χ4v) is 3.45. The maximum absolute atomic E-state index is 14.0. The summed E-state index contributed by atoms with van der Waals surface area (Å²) < 4.78 is 25.8. The lowest BCUT2D eigenvalue weighted by molar-refractivity contribution is 0.102. The molecule has 2 N–H and O–H groups in total. The summed E-state index contributed by atoms with van der Waals surface area (Å²) in [5.74, 6) is -0.881. The van der Waals surface area contributed by atoms with Gasteiger partial charge < -0.3 is 20.1 Å².